The molecule has 6 nitrogen and oxygen atoms in total. The monoisotopic (exact) mass is 231 g/mol. The highest BCUT2D eigenvalue weighted by molar-refractivity contribution is 5.80. The lowest BCUT2D eigenvalue weighted by Crippen LogP contribution is -2.40. The molecule has 1 rings (SSSR count). The smallest absolute Gasteiger partial charge is 0.332 e. The fourth-order valence-corrected chi connectivity index (χ4v) is 1.52. The van der Waals surface area contributed by atoms with Crippen molar-refractivity contribution in [2.45, 2.75) is 37.9 Å². The van der Waals surface area contributed by atoms with Gasteiger partial charge in [0, 0.05) is 19.6 Å². The lowest BCUT2D eigenvalue weighted by molar-refractivity contribution is -0.147. The first kappa shape index (κ1) is 12.9. The average molecular weight is 231 g/mol. The van der Waals surface area contributed by atoms with Crippen molar-refractivity contribution in [3.05, 3.63) is 0 Å². The second-order valence-corrected chi connectivity index (χ2v) is 3.79. The average Bonchev–Trinajstić information content (AvgIpc) is 2.29. The van der Waals surface area contributed by atoms with Crippen molar-refractivity contribution in [1.29, 1.82) is 0 Å². The molecule has 0 aromatic carbocycles. The van der Waals surface area contributed by atoms with Crippen molar-refractivity contribution in [2.24, 2.45) is 0 Å². The molecule has 0 radical (unpaired) electrons. The topological polar surface area (TPSA) is 95.9 Å². The molecule has 0 spiro atoms. The largest absolute Gasteiger partial charge is 0.479 e. The van der Waals surface area contributed by atoms with E-state index in [9.17, 15) is 9.59 Å². The summed E-state index contributed by atoms with van der Waals surface area (Å²) in [6, 6.07) is 0. The number of aliphatic hydroxyl groups excluding tert-OH is 1. The molecule has 0 aromatic heterocycles. The van der Waals surface area contributed by atoms with Crippen LogP contribution >= 0.6 is 0 Å². The molecule has 1 fully saturated rings. The third-order valence-corrected chi connectivity index (χ3v) is 2.47. The number of rotatable bonds is 5. The van der Waals surface area contributed by atoms with Crippen molar-refractivity contribution < 1.29 is 24.5 Å². The minimum absolute atomic E-state index is 0.00773. The molecular weight excluding hydrogens is 214 g/mol. The SMILES string of the molecule is O=C(O)C(O)CCNC(=O)C1CCCCO1. The van der Waals surface area contributed by atoms with E-state index in [1.165, 1.54) is 0 Å². The summed E-state index contributed by atoms with van der Waals surface area (Å²) in [5.41, 5.74) is 0. The third-order valence-electron chi connectivity index (χ3n) is 2.47. The summed E-state index contributed by atoms with van der Waals surface area (Å²) in [5, 5.41) is 19.9. The standard InChI is InChI=1S/C10H17NO5/c12-7(10(14)15)4-5-11-9(13)8-3-1-2-6-16-8/h7-8,12H,1-6H2,(H,11,13)(H,14,15). The molecule has 1 aliphatic rings. The fraction of sp³-hybridized carbons (Fsp3) is 0.800. The Morgan fingerprint density at radius 2 is 2.19 bits per heavy atom. The Morgan fingerprint density at radius 3 is 2.75 bits per heavy atom. The first-order chi connectivity index (χ1) is 7.61. The number of aliphatic hydroxyl groups is 1. The molecule has 1 heterocycles. The predicted molar refractivity (Wildman–Crippen MR) is 54.9 cm³/mol. The van der Waals surface area contributed by atoms with Gasteiger partial charge in [-0.25, -0.2) is 4.79 Å². The van der Waals surface area contributed by atoms with Crippen LogP contribution in [0.25, 0.3) is 0 Å². The van der Waals surface area contributed by atoms with Gasteiger partial charge in [-0.1, -0.05) is 0 Å². The second-order valence-electron chi connectivity index (χ2n) is 3.79. The molecule has 16 heavy (non-hydrogen) atoms. The summed E-state index contributed by atoms with van der Waals surface area (Å²) in [6.07, 6.45) is 0.807. The highest BCUT2D eigenvalue weighted by Gasteiger charge is 2.22. The molecule has 0 aliphatic carbocycles. The van der Waals surface area contributed by atoms with E-state index < -0.39 is 18.2 Å². The van der Waals surface area contributed by atoms with Crippen molar-refractivity contribution in [3.8, 4) is 0 Å². The van der Waals surface area contributed by atoms with Gasteiger partial charge in [-0.2, -0.15) is 0 Å². The highest BCUT2D eigenvalue weighted by atomic mass is 16.5. The molecule has 2 atom stereocenters. The molecule has 92 valence electrons. The van der Waals surface area contributed by atoms with Crippen molar-refractivity contribution in [1.82, 2.24) is 5.32 Å². The molecular formula is C10H17NO5. The molecule has 6 heteroatoms. The molecule has 0 saturated carbocycles. The number of amides is 1. The van der Waals surface area contributed by atoms with Crippen molar-refractivity contribution in [3.63, 3.8) is 0 Å². The number of carboxylic acids is 1. The lowest BCUT2D eigenvalue weighted by Gasteiger charge is -2.21. The zero-order valence-electron chi connectivity index (χ0n) is 9.02. The van der Waals surface area contributed by atoms with Crippen molar-refractivity contribution >= 4 is 11.9 Å². The van der Waals surface area contributed by atoms with Crippen LogP contribution in [0, 0.1) is 0 Å². The number of aliphatic carboxylic acids is 1. The van der Waals surface area contributed by atoms with Crippen LogP contribution in [0.4, 0.5) is 0 Å². The van der Waals surface area contributed by atoms with E-state index in [0.717, 1.165) is 12.8 Å². The Hall–Kier alpha value is -1.14. The Balaban J connectivity index is 2.16. The highest BCUT2D eigenvalue weighted by Crippen LogP contribution is 2.12. The number of hydrogen-bond acceptors (Lipinski definition) is 4. The first-order valence-corrected chi connectivity index (χ1v) is 5.41. The van der Waals surface area contributed by atoms with Crippen LogP contribution in [0.3, 0.4) is 0 Å². The maximum Gasteiger partial charge on any atom is 0.332 e. The van der Waals surface area contributed by atoms with Gasteiger partial charge in [-0.15, -0.1) is 0 Å². The quantitative estimate of drug-likeness (QED) is 0.593. The van der Waals surface area contributed by atoms with Crippen LogP contribution in [0.15, 0.2) is 0 Å². The zero-order valence-corrected chi connectivity index (χ0v) is 9.02. The molecule has 1 amide bonds. The van der Waals surface area contributed by atoms with Gasteiger partial charge in [0.2, 0.25) is 5.91 Å². The Labute approximate surface area is 93.6 Å². The first-order valence-electron chi connectivity index (χ1n) is 5.41. The van der Waals surface area contributed by atoms with E-state index in [4.69, 9.17) is 14.9 Å². The maximum absolute atomic E-state index is 11.5. The second kappa shape index (κ2) is 6.44. The number of carbonyl (C=O) groups is 2. The number of carboxylic acid groups (broad SMARTS) is 1. The van der Waals surface area contributed by atoms with E-state index >= 15 is 0 Å². The van der Waals surface area contributed by atoms with Gasteiger partial charge < -0.3 is 20.3 Å². The summed E-state index contributed by atoms with van der Waals surface area (Å²) in [7, 11) is 0. The lowest BCUT2D eigenvalue weighted by atomic mass is 10.1. The molecule has 2 unspecified atom stereocenters. The molecule has 0 bridgehead atoms. The predicted octanol–water partition coefficient (Wildman–Crippen LogP) is -0.493. The van der Waals surface area contributed by atoms with Crippen LogP contribution in [-0.4, -0.2) is 47.4 Å². The minimum atomic E-state index is -1.42. The van der Waals surface area contributed by atoms with Gasteiger partial charge in [0.25, 0.3) is 0 Å². The van der Waals surface area contributed by atoms with Gasteiger partial charge in [-0.05, 0) is 19.3 Å². The van der Waals surface area contributed by atoms with Gasteiger partial charge in [0.15, 0.2) is 6.10 Å². The van der Waals surface area contributed by atoms with E-state index in [1.807, 2.05) is 0 Å². The van der Waals surface area contributed by atoms with Crippen LogP contribution < -0.4 is 5.32 Å². The van der Waals surface area contributed by atoms with Gasteiger partial charge in [0.1, 0.15) is 6.10 Å². The van der Waals surface area contributed by atoms with E-state index in [0.29, 0.717) is 13.0 Å². The summed E-state index contributed by atoms with van der Waals surface area (Å²) < 4.78 is 5.25. The molecule has 1 aliphatic heterocycles. The van der Waals surface area contributed by atoms with Gasteiger partial charge >= 0.3 is 5.97 Å². The zero-order chi connectivity index (χ0) is 12.0. The maximum atomic E-state index is 11.5. The van der Waals surface area contributed by atoms with Crippen LogP contribution in [-0.2, 0) is 14.3 Å². The van der Waals surface area contributed by atoms with Crippen LogP contribution in [0.2, 0.25) is 0 Å². The number of carbonyl (C=O) groups excluding carboxylic acids is 1. The summed E-state index contributed by atoms with van der Waals surface area (Å²) >= 11 is 0. The number of nitrogens with one attached hydrogen (secondary N) is 1. The Kier molecular flexibility index (Phi) is 5.21. The van der Waals surface area contributed by atoms with Crippen LogP contribution in [0.1, 0.15) is 25.7 Å². The minimum Gasteiger partial charge on any atom is -0.479 e. The normalized spacial score (nSPS) is 22.4. The third kappa shape index (κ3) is 4.16. The van der Waals surface area contributed by atoms with Crippen LogP contribution in [0.5, 0.6) is 0 Å². The number of hydrogen-bond donors (Lipinski definition) is 3. The molecule has 0 aromatic rings. The summed E-state index contributed by atoms with van der Waals surface area (Å²) in [4.78, 5) is 21.8. The summed E-state index contributed by atoms with van der Waals surface area (Å²) in [5.74, 6) is -1.50. The number of ether oxygens (including phenoxy) is 1. The Bertz CT molecular complexity index is 250. The fourth-order valence-electron chi connectivity index (χ4n) is 1.52. The van der Waals surface area contributed by atoms with E-state index in [1.54, 1.807) is 0 Å². The van der Waals surface area contributed by atoms with E-state index in [-0.39, 0.29) is 18.9 Å². The molecule has 3 N–H and O–H groups in total. The summed E-state index contributed by atoms with van der Waals surface area (Å²) in [6.45, 7) is 0.738. The van der Waals surface area contributed by atoms with Gasteiger partial charge in [-0.3, -0.25) is 4.79 Å². The van der Waals surface area contributed by atoms with E-state index in [2.05, 4.69) is 5.32 Å². The van der Waals surface area contributed by atoms with Gasteiger partial charge in [0.05, 0.1) is 0 Å². The Morgan fingerprint density at radius 1 is 1.44 bits per heavy atom. The van der Waals surface area contributed by atoms with Crippen molar-refractivity contribution in [2.75, 3.05) is 13.2 Å². The molecule has 1 saturated heterocycles.